The fraction of sp³-hybridized carbons (Fsp3) is 0.125. The first-order valence-corrected chi connectivity index (χ1v) is 7.73. The first-order chi connectivity index (χ1) is 7.47. The average Bonchev–Trinajstić information content (AvgIpc) is 2.75. The highest BCUT2D eigenvalue weighted by Crippen LogP contribution is 2.27. The molecule has 0 fully saturated rings. The minimum atomic E-state index is -3.55. The highest BCUT2D eigenvalue weighted by Gasteiger charge is 2.17. The van der Waals surface area contributed by atoms with Gasteiger partial charge in [-0.2, -0.15) is 0 Å². The Kier molecular flexibility index (Phi) is 3.20. The highest BCUT2D eigenvalue weighted by atomic mass is 35.5. The molecule has 0 aliphatic rings. The van der Waals surface area contributed by atoms with Crippen molar-refractivity contribution in [2.24, 2.45) is 0 Å². The van der Waals surface area contributed by atoms with Gasteiger partial charge >= 0.3 is 0 Å². The normalized spacial score (nSPS) is 11.6. The van der Waals surface area contributed by atoms with Crippen molar-refractivity contribution in [3.05, 3.63) is 27.5 Å². The number of hydrogen-bond donors (Lipinski definition) is 1. The fourth-order valence-corrected chi connectivity index (χ4v) is 4.43. The molecule has 0 saturated carbocycles. The zero-order chi connectivity index (χ0) is 11.8. The van der Waals surface area contributed by atoms with Crippen LogP contribution in [0.25, 0.3) is 0 Å². The molecule has 2 heterocycles. The van der Waals surface area contributed by atoms with Crippen molar-refractivity contribution in [2.75, 3.05) is 4.72 Å². The summed E-state index contributed by atoms with van der Waals surface area (Å²) >= 11 is 7.95. The van der Waals surface area contributed by atoms with E-state index in [-0.39, 0.29) is 4.21 Å². The van der Waals surface area contributed by atoms with E-state index in [1.165, 1.54) is 17.4 Å². The van der Waals surface area contributed by atoms with Gasteiger partial charge < -0.3 is 0 Å². The third-order valence-corrected chi connectivity index (χ3v) is 5.72. The first-order valence-electron chi connectivity index (χ1n) is 4.18. The van der Waals surface area contributed by atoms with E-state index in [2.05, 4.69) is 9.71 Å². The molecule has 86 valence electrons. The lowest BCUT2D eigenvalue weighted by atomic mass is 10.6. The fourth-order valence-electron chi connectivity index (χ4n) is 1.01. The van der Waals surface area contributed by atoms with Crippen molar-refractivity contribution in [3.63, 3.8) is 0 Å². The Morgan fingerprint density at radius 1 is 1.44 bits per heavy atom. The molecule has 0 bridgehead atoms. The maximum atomic E-state index is 11.8. The first kappa shape index (κ1) is 11.8. The average molecular weight is 295 g/mol. The summed E-state index contributed by atoms with van der Waals surface area (Å²) in [5, 5.41) is 2.14. The van der Waals surface area contributed by atoms with Gasteiger partial charge in [0.2, 0.25) is 0 Å². The Morgan fingerprint density at radius 2 is 2.19 bits per heavy atom. The summed E-state index contributed by atoms with van der Waals surface area (Å²) in [6, 6.07) is 3.02. The number of anilines is 1. The van der Waals surface area contributed by atoms with Gasteiger partial charge in [0.05, 0.1) is 10.0 Å². The zero-order valence-corrected chi connectivity index (χ0v) is 11.3. The number of halogens is 1. The maximum Gasteiger partial charge on any atom is 0.273 e. The molecule has 2 rings (SSSR count). The Hall–Kier alpha value is -0.630. The van der Waals surface area contributed by atoms with E-state index in [9.17, 15) is 8.42 Å². The third-order valence-electron chi connectivity index (χ3n) is 1.65. The lowest BCUT2D eigenvalue weighted by molar-refractivity contribution is 0.603. The molecule has 0 atom stereocenters. The number of sulfonamides is 1. The van der Waals surface area contributed by atoms with Gasteiger partial charge in [0.1, 0.15) is 4.21 Å². The lowest BCUT2D eigenvalue weighted by Gasteiger charge is -2.01. The van der Waals surface area contributed by atoms with Crippen molar-refractivity contribution < 1.29 is 8.42 Å². The Labute approximate surface area is 106 Å². The number of aryl methyl sites for hydroxylation is 1. The Bertz CT molecular complexity index is 602. The van der Waals surface area contributed by atoms with Crippen LogP contribution in [0.3, 0.4) is 0 Å². The van der Waals surface area contributed by atoms with Crippen LogP contribution < -0.4 is 4.72 Å². The van der Waals surface area contributed by atoms with Crippen LogP contribution in [0.5, 0.6) is 0 Å². The summed E-state index contributed by atoms with van der Waals surface area (Å²) in [6.45, 7) is 1.80. The van der Waals surface area contributed by atoms with Gasteiger partial charge in [0.25, 0.3) is 10.0 Å². The van der Waals surface area contributed by atoms with E-state index in [1.807, 2.05) is 0 Å². The molecule has 4 nitrogen and oxygen atoms in total. The van der Waals surface area contributed by atoms with E-state index >= 15 is 0 Å². The molecule has 0 amide bonds. The van der Waals surface area contributed by atoms with Crippen molar-refractivity contribution in [1.29, 1.82) is 0 Å². The number of hydrogen-bond acceptors (Lipinski definition) is 5. The lowest BCUT2D eigenvalue weighted by Crippen LogP contribution is -2.11. The maximum absolute atomic E-state index is 11.8. The van der Waals surface area contributed by atoms with E-state index in [1.54, 1.807) is 18.4 Å². The van der Waals surface area contributed by atoms with E-state index < -0.39 is 10.0 Å². The summed E-state index contributed by atoms with van der Waals surface area (Å²) in [6.07, 6.45) is 0. The van der Waals surface area contributed by atoms with Crippen LogP contribution >= 0.6 is 34.3 Å². The van der Waals surface area contributed by atoms with Crippen LogP contribution in [0, 0.1) is 6.92 Å². The SMILES string of the molecule is Cc1csc(NS(=O)(=O)c2ccc(Cl)s2)n1. The predicted octanol–water partition coefficient (Wildman–Crippen LogP) is 2.97. The van der Waals surface area contributed by atoms with Gasteiger partial charge in [-0.1, -0.05) is 11.6 Å². The summed E-state index contributed by atoms with van der Waals surface area (Å²) in [5.74, 6) is 0. The van der Waals surface area contributed by atoms with Crippen LogP contribution in [-0.4, -0.2) is 13.4 Å². The van der Waals surface area contributed by atoms with Crippen LogP contribution in [-0.2, 0) is 10.0 Å². The second-order valence-corrected chi connectivity index (χ2v) is 7.44. The van der Waals surface area contributed by atoms with Gasteiger partial charge in [0, 0.05) is 5.38 Å². The molecule has 16 heavy (non-hydrogen) atoms. The number of rotatable bonds is 3. The molecule has 0 spiro atoms. The van der Waals surface area contributed by atoms with Gasteiger partial charge in [-0.25, -0.2) is 13.4 Å². The number of thiazole rings is 1. The monoisotopic (exact) mass is 294 g/mol. The summed E-state index contributed by atoms with van der Waals surface area (Å²) < 4.78 is 26.7. The van der Waals surface area contributed by atoms with E-state index in [0.717, 1.165) is 17.0 Å². The Balaban J connectivity index is 2.27. The molecular weight excluding hydrogens is 288 g/mol. The minimum absolute atomic E-state index is 0.186. The van der Waals surface area contributed by atoms with Crippen LogP contribution in [0.1, 0.15) is 5.69 Å². The van der Waals surface area contributed by atoms with E-state index in [4.69, 9.17) is 11.6 Å². The Morgan fingerprint density at radius 3 is 2.69 bits per heavy atom. The van der Waals surface area contributed by atoms with Gasteiger partial charge in [0.15, 0.2) is 5.13 Å². The molecule has 0 unspecified atom stereocenters. The molecule has 0 aliphatic heterocycles. The highest BCUT2D eigenvalue weighted by molar-refractivity contribution is 7.94. The van der Waals surface area contributed by atoms with E-state index in [0.29, 0.717) is 9.47 Å². The number of nitrogens with zero attached hydrogens (tertiary/aromatic N) is 1. The van der Waals surface area contributed by atoms with Crippen LogP contribution in [0.4, 0.5) is 5.13 Å². The van der Waals surface area contributed by atoms with Crippen molar-refractivity contribution >= 4 is 49.4 Å². The smallest absolute Gasteiger partial charge is 0.254 e. The quantitative estimate of drug-likeness (QED) is 0.947. The zero-order valence-electron chi connectivity index (χ0n) is 8.10. The molecule has 0 saturated heterocycles. The summed E-state index contributed by atoms with van der Waals surface area (Å²) in [4.78, 5) is 4.03. The van der Waals surface area contributed by atoms with Crippen LogP contribution in [0.2, 0.25) is 4.34 Å². The second kappa shape index (κ2) is 4.33. The number of thiophene rings is 1. The molecular formula is C8H7ClN2O2S3. The molecule has 8 heteroatoms. The predicted molar refractivity (Wildman–Crippen MR) is 67.0 cm³/mol. The summed E-state index contributed by atoms with van der Waals surface area (Å²) in [5.41, 5.74) is 0.784. The molecule has 0 aromatic carbocycles. The standard InChI is InChI=1S/C8H7ClN2O2S3/c1-5-4-14-8(10-5)11-16(12,13)7-3-2-6(9)15-7/h2-4H,1H3,(H,10,11). The molecule has 0 aliphatic carbocycles. The van der Waals surface area contributed by atoms with Crippen molar-refractivity contribution in [2.45, 2.75) is 11.1 Å². The molecule has 2 aromatic heterocycles. The third kappa shape index (κ3) is 2.54. The summed E-state index contributed by atoms with van der Waals surface area (Å²) in [7, 11) is -3.55. The molecule has 1 N–H and O–H groups in total. The second-order valence-electron chi connectivity index (χ2n) is 2.96. The van der Waals surface area contributed by atoms with Gasteiger partial charge in [-0.05, 0) is 19.1 Å². The molecule has 0 radical (unpaired) electrons. The largest absolute Gasteiger partial charge is 0.273 e. The van der Waals surface area contributed by atoms with Gasteiger partial charge in [-0.3, -0.25) is 4.72 Å². The van der Waals surface area contributed by atoms with Gasteiger partial charge in [-0.15, -0.1) is 22.7 Å². The topological polar surface area (TPSA) is 59.1 Å². The van der Waals surface area contributed by atoms with Crippen molar-refractivity contribution in [3.8, 4) is 0 Å². The number of aromatic nitrogens is 1. The minimum Gasteiger partial charge on any atom is -0.254 e. The molecule has 2 aromatic rings. The van der Waals surface area contributed by atoms with Crippen molar-refractivity contribution in [1.82, 2.24) is 4.98 Å². The number of nitrogens with one attached hydrogen (secondary N) is 1. The van der Waals surface area contributed by atoms with Crippen LogP contribution in [0.15, 0.2) is 21.7 Å².